The molecule has 0 fully saturated rings. The molecule has 0 saturated heterocycles. The van der Waals surface area contributed by atoms with Crippen molar-refractivity contribution in [1.29, 1.82) is 0 Å². The summed E-state index contributed by atoms with van der Waals surface area (Å²) in [7, 11) is 0. The van der Waals surface area contributed by atoms with Crippen LogP contribution in [0.4, 0.5) is 5.95 Å². The lowest BCUT2D eigenvalue weighted by molar-refractivity contribution is 0.102. The van der Waals surface area contributed by atoms with E-state index in [4.69, 9.17) is 9.40 Å². The molecule has 0 aliphatic heterocycles. The van der Waals surface area contributed by atoms with Crippen LogP contribution in [0.5, 0.6) is 0 Å². The van der Waals surface area contributed by atoms with Gasteiger partial charge in [-0.1, -0.05) is 48.5 Å². The van der Waals surface area contributed by atoms with Gasteiger partial charge >= 0.3 is 0 Å². The van der Waals surface area contributed by atoms with Crippen molar-refractivity contribution in [3.63, 3.8) is 0 Å². The molecule has 5 rings (SSSR count). The number of hydrogen-bond donors (Lipinski definition) is 2. The Morgan fingerprint density at radius 1 is 0.966 bits per heavy atom. The van der Waals surface area contributed by atoms with Crippen LogP contribution in [0.1, 0.15) is 10.4 Å². The Bertz CT molecular complexity index is 1290. The molecule has 0 spiro atoms. The fourth-order valence-electron chi connectivity index (χ4n) is 3.24. The summed E-state index contributed by atoms with van der Waals surface area (Å²) < 4.78 is 5.09. The Balaban J connectivity index is 1.52. The maximum atomic E-state index is 13.1. The van der Waals surface area contributed by atoms with Crippen molar-refractivity contribution >= 4 is 22.8 Å². The minimum Gasteiger partial charge on any atom is -0.472 e. The highest BCUT2D eigenvalue weighted by atomic mass is 16.3. The van der Waals surface area contributed by atoms with Crippen molar-refractivity contribution in [3.8, 4) is 22.5 Å². The molecule has 6 nitrogen and oxygen atoms in total. The van der Waals surface area contributed by atoms with E-state index in [0.717, 1.165) is 33.4 Å². The van der Waals surface area contributed by atoms with Crippen LogP contribution in [0.3, 0.4) is 0 Å². The zero-order valence-corrected chi connectivity index (χ0v) is 15.3. The van der Waals surface area contributed by atoms with Gasteiger partial charge in [0.25, 0.3) is 5.91 Å². The van der Waals surface area contributed by atoms with Crippen molar-refractivity contribution in [2.24, 2.45) is 0 Å². The number of nitrogens with zero attached hydrogens (tertiary/aromatic N) is 2. The number of imidazole rings is 1. The van der Waals surface area contributed by atoms with Crippen LogP contribution in [0.2, 0.25) is 0 Å². The van der Waals surface area contributed by atoms with E-state index in [1.807, 2.05) is 66.7 Å². The first-order valence-electron chi connectivity index (χ1n) is 9.12. The second-order valence-electron chi connectivity index (χ2n) is 6.55. The Hall–Kier alpha value is -4.19. The second kappa shape index (κ2) is 7.09. The van der Waals surface area contributed by atoms with Crippen LogP contribution in [-0.2, 0) is 0 Å². The monoisotopic (exact) mass is 380 g/mol. The largest absolute Gasteiger partial charge is 0.472 e. The third-order valence-corrected chi connectivity index (χ3v) is 4.67. The molecule has 0 radical (unpaired) electrons. The van der Waals surface area contributed by atoms with Gasteiger partial charge in [0.2, 0.25) is 5.95 Å². The van der Waals surface area contributed by atoms with Crippen molar-refractivity contribution in [2.75, 3.05) is 5.32 Å². The van der Waals surface area contributed by atoms with Crippen molar-refractivity contribution in [2.45, 2.75) is 0 Å². The molecule has 29 heavy (non-hydrogen) atoms. The van der Waals surface area contributed by atoms with Gasteiger partial charge < -0.3 is 9.40 Å². The van der Waals surface area contributed by atoms with Gasteiger partial charge in [-0.05, 0) is 18.2 Å². The van der Waals surface area contributed by atoms with Crippen LogP contribution in [-0.4, -0.2) is 20.9 Å². The first-order valence-corrected chi connectivity index (χ1v) is 9.12. The number of H-pyrrole nitrogens is 1. The van der Waals surface area contributed by atoms with Gasteiger partial charge in [-0.2, -0.15) is 0 Å². The molecule has 3 aromatic heterocycles. The molecule has 2 aromatic carbocycles. The predicted octanol–water partition coefficient (Wildman–Crippen LogP) is 5.14. The number of amides is 1. The van der Waals surface area contributed by atoms with E-state index in [2.05, 4.69) is 15.3 Å². The number of aromatic amines is 1. The smallest absolute Gasteiger partial charge is 0.258 e. The van der Waals surface area contributed by atoms with Crippen molar-refractivity contribution in [3.05, 3.63) is 91.0 Å². The summed E-state index contributed by atoms with van der Waals surface area (Å²) in [6, 6.07) is 21.0. The van der Waals surface area contributed by atoms with Gasteiger partial charge in [-0.3, -0.25) is 10.1 Å². The second-order valence-corrected chi connectivity index (χ2v) is 6.55. The molecule has 140 valence electrons. The zero-order chi connectivity index (χ0) is 19.6. The topological polar surface area (TPSA) is 83.8 Å². The number of para-hydroxylation sites is 1. The summed E-state index contributed by atoms with van der Waals surface area (Å²) in [5, 5.41) is 3.63. The number of pyridine rings is 1. The minimum atomic E-state index is -0.256. The Morgan fingerprint density at radius 3 is 2.62 bits per heavy atom. The highest BCUT2D eigenvalue weighted by molar-refractivity contribution is 6.12. The van der Waals surface area contributed by atoms with Crippen LogP contribution < -0.4 is 5.32 Å². The van der Waals surface area contributed by atoms with Crippen LogP contribution >= 0.6 is 0 Å². The maximum absolute atomic E-state index is 13.1. The molecular formula is C23H16N4O2. The lowest BCUT2D eigenvalue weighted by Gasteiger charge is -2.09. The fraction of sp³-hybridized carbons (Fsp3) is 0. The Labute approximate surface area is 166 Å². The van der Waals surface area contributed by atoms with E-state index in [-0.39, 0.29) is 5.91 Å². The molecule has 0 atom stereocenters. The number of anilines is 1. The van der Waals surface area contributed by atoms with Gasteiger partial charge in [0, 0.05) is 16.5 Å². The highest BCUT2D eigenvalue weighted by Gasteiger charge is 2.15. The summed E-state index contributed by atoms with van der Waals surface area (Å²) in [5.41, 5.74) is 4.62. The van der Waals surface area contributed by atoms with Crippen molar-refractivity contribution in [1.82, 2.24) is 15.0 Å². The van der Waals surface area contributed by atoms with Crippen molar-refractivity contribution < 1.29 is 9.21 Å². The molecule has 0 aliphatic rings. The number of benzene rings is 2. The van der Waals surface area contributed by atoms with Crippen LogP contribution in [0.25, 0.3) is 33.4 Å². The normalized spacial score (nSPS) is 10.9. The fourth-order valence-corrected chi connectivity index (χ4v) is 3.24. The number of rotatable bonds is 4. The molecule has 0 aliphatic carbocycles. The first kappa shape index (κ1) is 16.9. The molecule has 6 heteroatoms. The van der Waals surface area contributed by atoms with E-state index >= 15 is 0 Å². The minimum absolute atomic E-state index is 0.256. The number of nitrogens with one attached hydrogen (secondary N) is 2. The Morgan fingerprint density at radius 2 is 1.79 bits per heavy atom. The quantitative estimate of drug-likeness (QED) is 0.452. The lowest BCUT2D eigenvalue weighted by Crippen LogP contribution is -2.14. The number of carbonyl (C=O) groups excluding carboxylic acids is 1. The average molecular weight is 380 g/mol. The first-order chi connectivity index (χ1) is 14.3. The summed E-state index contributed by atoms with van der Waals surface area (Å²) >= 11 is 0. The lowest BCUT2D eigenvalue weighted by atomic mass is 10.0. The molecule has 5 aromatic rings. The SMILES string of the molecule is O=C(Nc1ncc(-c2ccoc2)[nH]1)c1cc(-c2ccccc2)nc2ccccc12. The molecule has 3 heterocycles. The maximum Gasteiger partial charge on any atom is 0.258 e. The third kappa shape index (κ3) is 3.27. The van der Waals surface area contributed by atoms with E-state index in [9.17, 15) is 4.79 Å². The summed E-state index contributed by atoms with van der Waals surface area (Å²) in [6.07, 6.45) is 4.85. The van der Waals surface area contributed by atoms with E-state index in [1.165, 1.54) is 0 Å². The number of furan rings is 1. The number of hydrogen-bond acceptors (Lipinski definition) is 4. The van der Waals surface area contributed by atoms with E-state index in [0.29, 0.717) is 11.5 Å². The molecular weight excluding hydrogens is 364 g/mol. The average Bonchev–Trinajstić information content (AvgIpc) is 3.45. The van der Waals surface area contributed by atoms with Gasteiger partial charge in [0.05, 0.1) is 41.2 Å². The number of fused-ring (bicyclic) bond motifs is 1. The number of aromatic nitrogens is 3. The zero-order valence-electron chi connectivity index (χ0n) is 15.3. The summed E-state index contributed by atoms with van der Waals surface area (Å²) in [5.74, 6) is 0.113. The van der Waals surface area contributed by atoms with E-state index in [1.54, 1.807) is 18.7 Å². The summed E-state index contributed by atoms with van der Waals surface area (Å²) in [4.78, 5) is 25.2. The van der Waals surface area contributed by atoms with Gasteiger partial charge in [-0.15, -0.1) is 0 Å². The van der Waals surface area contributed by atoms with Gasteiger partial charge in [-0.25, -0.2) is 9.97 Å². The molecule has 0 saturated carbocycles. The van der Waals surface area contributed by atoms with Gasteiger partial charge in [0.15, 0.2) is 0 Å². The standard InChI is InChI=1S/C23H16N4O2/c28-22(27-23-24-13-21(26-23)16-10-11-29-14-16)18-12-20(15-6-2-1-3-7-15)25-19-9-5-4-8-17(18)19/h1-14H,(H2,24,26,27,28). The molecule has 0 bridgehead atoms. The molecule has 2 N–H and O–H groups in total. The predicted molar refractivity (Wildman–Crippen MR) is 111 cm³/mol. The van der Waals surface area contributed by atoms with Gasteiger partial charge in [0.1, 0.15) is 0 Å². The number of carbonyl (C=O) groups is 1. The Kier molecular flexibility index (Phi) is 4.14. The van der Waals surface area contributed by atoms with E-state index < -0.39 is 0 Å². The summed E-state index contributed by atoms with van der Waals surface area (Å²) in [6.45, 7) is 0. The molecule has 1 amide bonds. The highest BCUT2D eigenvalue weighted by Crippen LogP contribution is 2.26. The third-order valence-electron chi connectivity index (χ3n) is 4.67. The molecule has 0 unspecified atom stereocenters. The van der Waals surface area contributed by atoms with Crippen LogP contribution in [0, 0.1) is 0 Å². The van der Waals surface area contributed by atoms with Crippen LogP contribution in [0.15, 0.2) is 89.9 Å².